The molecule has 0 aromatic heterocycles. The van der Waals surface area contributed by atoms with Gasteiger partial charge in [-0.3, -0.25) is 0 Å². The summed E-state index contributed by atoms with van der Waals surface area (Å²) >= 11 is 0. The summed E-state index contributed by atoms with van der Waals surface area (Å²) < 4.78 is 0. The van der Waals surface area contributed by atoms with Crippen molar-refractivity contribution in [1.82, 2.24) is 4.90 Å². The van der Waals surface area contributed by atoms with Gasteiger partial charge in [0.2, 0.25) is 0 Å². The molecule has 0 aliphatic rings. The van der Waals surface area contributed by atoms with Crippen molar-refractivity contribution in [2.45, 2.75) is 65.8 Å². The molecule has 0 aliphatic carbocycles. The van der Waals surface area contributed by atoms with Crippen molar-refractivity contribution >= 4 is 0 Å². The standard InChI is InChI=1S/C25H37N/c1-7-19-26(6)24(25(3,4)5)18-17-23(21-11-9-8-10-12-21)22-15-13-20(2)14-16-22/h8-16,23-24H,7,17-19H2,1-6H3. The largest absolute Gasteiger partial charge is 0.303 e. The van der Waals surface area contributed by atoms with Crippen molar-refractivity contribution in [2.75, 3.05) is 13.6 Å². The van der Waals surface area contributed by atoms with Crippen molar-refractivity contribution in [3.05, 3.63) is 71.3 Å². The third-order valence-electron chi connectivity index (χ3n) is 5.52. The van der Waals surface area contributed by atoms with Crippen molar-refractivity contribution in [3.8, 4) is 0 Å². The summed E-state index contributed by atoms with van der Waals surface area (Å²) in [6.45, 7) is 12.8. The first-order chi connectivity index (χ1) is 12.3. The van der Waals surface area contributed by atoms with Gasteiger partial charge in [-0.15, -0.1) is 0 Å². The zero-order valence-corrected chi connectivity index (χ0v) is 17.6. The molecule has 0 heterocycles. The van der Waals surface area contributed by atoms with Gasteiger partial charge in [0.05, 0.1) is 0 Å². The van der Waals surface area contributed by atoms with E-state index in [-0.39, 0.29) is 0 Å². The van der Waals surface area contributed by atoms with E-state index in [2.05, 4.69) is 101 Å². The Morgan fingerprint density at radius 1 is 0.846 bits per heavy atom. The van der Waals surface area contributed by atoms with Crippen molar-refractivity contribution in [3.63, 3.8) is 0 Å². The van der Waals surface area contributed by atoms with E-state index in [0.29, 0.717) is 17.4 Å². The fourth-order valence-electron chi connectivity index (χ4n) is 4.16. The first-order valence-corrected chi connectivity index (χ1v) is 10.1. The summed E-state index contributed by atoms with van der Waals surface area (Å²) in [5, 5.41) is 0. The molecule has 1 heteroatoms. The van der Waals surface area contributed by atoms with Gasteiger partial charge in [-0.1, -0.05) is 87.9 Å². The van der Waals surface area contributed by atoms with Gasteiger partial charge >= 0.3 is 0 Å². The Balaban J connectivity index is 2.24. The van der Waals surface area contributed by atoms with E-state index >= 15 is 0 Å². The van der Waals surface area contributed by atoms with Crippen molar-refractivity contribution < 1.29 is 0 Å². The lowest BCUT2D eigenvalue weighted by Gasteiger charge is -2.39. The van der Waals surface area contributed by atoms with E-state index in [1.54, 1.807) is 0 Å². The van der Waals surface area contributed by atoms with E-state index < -0.39 is 0 Å². The van der Waals surface area contributed by atoms with E-state index in [1.807, 2.05) is 0 Å². The summed E-state index contributed by atoms with van der Waals surface area (Å²) in [4.78, 5) is 2.57. The molecule has 142 valence electrons. The summed E-state index contributed by atoms with van der Waals surface area (Å²) in [6.07, 6.45) is 3.61. The summed E-state index contributed by atoms with van der Waals surface area (Å²) in [6, 6.07) is 20.7. The maximum absolute atomic E-state index is 2.57. The van der Waals surface area contributed by atoms with E-state index in [0.717, 1.165) is 0 Å². The highest BCUT2D eigenvalue weighted by Gasteiger charge is 2.29. The fraction of sp³-hybridized carbons (Fsp3) is 0.520. The second-order valence-electron chi connectivity index (χ2n) is 8.81. The minimum absolute atomic E-state index is 0.290. The van der Waals surface area contributed by atoms with Crippen molar-refractivity contribution in [1.29, 1.82) is 0 Å². The number of aryl methyl sites for hydroxylation is 1. The molecule has 0 saturated heterocycles. The van der Waals surface area contributed by atoms with Gasteiger partial charge in [-0.05, 0) is 56.3 Å². The predicted octanol–water partition coefficient (Wildman–Crippen LogP) is 6.66. The van der Waals surface area contributed by atoms with Crippen LogP contribution in [-0.4, -0.2) is 24.5 Å². The number of nitrogens with zero attached hydrogens (tertiary/aromatic N) is 1. The number of hydrogen-bond donors (Lipinski definition) is 0. The molecular formula is C25H37N. The highest BCUT2D eigenvalue weighted by atomic mass is 15.1. The quantitative estimate of drug-likeness (QED) is 0.514. The van der Waals surface area contributed by atoms with Crippen molar-refractivity contribution in [2.24, 2.45) is 5.41 Å². The van der Waals surface area contributed by atoms with E-state index in [4.69, 9.17) is 0 Å². The lowest BCUT2D eigenvalue weighted by molar-refractivity contribution is 0.114. The first-order valence-electron chi connectivity index (χ1n) is 10.1. The van der Waals surface area contributed by atoms with Gasteiger partial charge in [0, 0.05) is 12.0 Å². The Labute approximate surface area is 161 Å². The topological polar surface area (TPSA) is 3.24 Å². The molecule has 1 nitrogen and oxygen atoms in total. The second-order valence-corrected chi connectivity index (χ2v) is 8.81. The lowest BCUT2D eigenvalue weighted by atomic mass is 9.79. The van der Waals surface area contributed by atoms with Crippen LogP contribution in [0.15, 0.2) is 54.6 Å². The fourth-order valence-corrected chi connectivity index (χ4v) is 4.16. The molecule has 0 spiro atoms. The smallest absolute Gasteiger partial charge is 0.0141 e. The molecule has 0 radical (unpaired) electrons. The molecule has 0 bridgehead atoms. The second kappa shape index (κ2) is 9.37. The van der Waals surface area contributed by atoms with Gasteiger partial charge in [0.15, 0.2) is 0 Å². The van der Waals surface area contributed by atoms with Gasteiger partial charge < -0.3 is 4.90 Å². The minimum atomic E-state index is 0.290. The van der Waals surface area contributed by atoms with Crippen LogP contribution >= 0.6 is 0 Å². The van der Waals surface area contributed by atoms with Gasteiger partial charge in [-0.25, -0.2) is 0 Å². The van der Waals surface area contributed by atoms with Crippen LogP contribution in [0.4, 0.5) is 0 Å². The average Bonchev–Trinajstić information content (AvgIpc) is 2.59. The molecule has 2 aromatic carbocycles. The van der Waals surface area contributed by atoms with Crippen LogP contribution in [0.5, 0.6) is 0 Å². The van der Waals surface area contributed by atoms with E-state index in [9.17, 15) is 0 Å². The molecule has 2 atom stereocenters. The van der Waals surface area contributed by atoms with Crippen LogP contribution in [0, 0.1) is 12.3 Å². The highest BCUT2D eigenvalue weighted by molar-refractivity contribution is 5.33. The number of rotatable bonds is 8. The maximum Gasteiger partial charge on any atom is 0.0141 e. The SMILES string of the molecule is CCCN(C)C(CCC(c1ccccc1)c1ccc(C)cc1)C(C)(C)C. The molecule has 2 unspecified atom stereocenters. The Bertz CT molecular complexity index is 636. The van der Waals surface area contributed by atoms with E-state index in [1.165, 1.54) is 42.5 Å². The zero-order valence-electron chi connectivity index (χ0n) is 17.6. The maximum atomic E-state index is 2.57. The summed E-state index contributed by atoms with van der Waals surface area (Å²) in [7, 11) is 2.29. The Hall–Kier alpha value is -1.60. The van der Waals surface area contributed by atoms with Crippen LogP contribution in [0.2, 0.25) is 0 Å². The molecule has 2 rings (SSSR count). The van der Waals surface area contributed by atoms with Crippen LogP contribution in [0.25, 0.3) is 0 Å². The summed E-state index contributed by atoms with van der Waals surface area (Å²) in [5.74, 6) is 0.469. The predicted molar refractivity (Wildman–Crippen MR) is 115 cm³/mol. The molecule has 0 aliphatic heterocycles. The van der Waals surface area contributed by atoms with Crippen LogP contribution < -0.4 is 0 Å². The van der Waals surface area contributed by atoms with Gasteiger partial charge in [0.1, 0.15) is 0 Å². The monoisotopic (exact) mass is 351 g/mol. The van der Waals surface area contributed by atoms with Crippen LogP contribution in [0.1, 0.15) is 69.6 Å². The molecule has 2 aromatic rings. The molecule has 0 saturated carbocycles. The van der Waals surface area contributed by atoms with Gasteiger partial charge in [0.25, 0.3) is 0 Å². The highest BCUT2D eigenvalue weighted by Crippen LogP contribution is 2.34. The molecule has 0 amide bonds. The first kappa shape index (κ1) is 20.7. The number of hydrogen-bond acceptors (Lipinski definition) is 1. The average molecular weight is 352 g/mol. The number of benzene rings is 2. The normalized spacial score (nSPS) is 14.4. The zero-order chi connectivity index (χ0) is 19.2. The van der Waals surface area contributed by atoms with Crippen LogP contribution in [0.3, 0.4) is 0 Å². The Morgan fingerprint density at radius 2 is 1.42 bits per heavy atom. The van der Waals surface area contributed by atoms with Gasteiger partial charge in [-0.2, -0.15) is 0 Å². The lowest BCUT2D eigenvalue weighted by Crippen LogP contribution is -2.42. The molecule has 0 N–H and O–H groups in total. The van der Waals surface area contributed by atoms with Crippen LogP contribution in [-0.2, 0) is 0 Å². The third kappa shape index (κ3) is 5.71. The minimum Gasteiger partial charge on any atom is -0.303 e. The molecular weight excluding hydrogens is 314 g/mol. The third-order valence-corrected chi connectivity index (χ3v) is 5.52. The Kier molecular flexibility index (Phi) is 7.46. The molecule has 26 heavy (non-hydrogen) atoms. The molecule has 0 fully saturated rings. The summed E-state index contributed by atoms with van der Waals surface area (Å²) in [5.41, 5.74) is 4.49. The Morgan fingerprint density at radius 3 is 1.96 bits per heavy atom.